The third-order valence-corrected chi connectivity index (χ3v) is 8.78. The van der Waals surface area contributed by atoms with Gasteiger partial charge in [0, 0.05) is 17.6 Å². The molecule has 2 unspecified atom stereocenters. The summed E-state index contributed by atoms with van der Waals surface area (Å²) in [5.74, 6) is -5.29. The van der Waals surface area contributed by atoms with E-state index in [-0.39, 0.29) is 12.0 Å². The van der Waals surface area contributed by atoms with Gasteiger partial charge in [-0.05, 0) is 69.4 Å². The van der Waals surface area contributed by atoms with Gasteiger partial charge in [0.2, 0.25) is 0 Å². The fourth-order valence-corrected chi connectivity index (χ4v) is 5.59. The number of anilines is 1. The molecule has 3 aromatic rings. The first kappa shape index (κ1) is 34.2. The molecule has 14 heteroatoms. The monoisotopic (exact) mass is 660 g/mol. The zero-order valence-corrected chi connectivity index (χ0v) is 26.1. The number of hydrogen-bond donors (Lipinski definition) is 3. The molecule has 1 amide bonds. The molecular formula is C33H34BF5N2O6. The van der Waals surface area contributed by atoms with Crippen molar-refractivity contribution < 1.29 is 50.7 Å². The normalized spacial score (nSPS) is 18.1. The summed E-state index contributed by atoms with van der Waals surface area (Å²) in [7, 11) is -0.738. The fourth-order valence-electron chi connectivity index (χ4n) is 5.59. The average Bonchev–Trinajstić information content (AvgIpc) is 3.21. The van der Waals surface area contributed by atoms with Gasteiger partial charge in [0.05, 0.1) is 17.8 Å². The van der Waals surface area contributed by atoms with Crippen molar-refractivity contribution in [3.63, 3.8) is 0 Å². The second kappa shape index (κ2) is 12.8. The van der Waals surface area contributed by atoms with Crippen molar-refractivity contribution >= 4 is 30.1 Å². The van der Waals surface area contributed by atoms with Crippen molar-refractivity contribution in [2.24, 2.45) is 0 Å². The summed E-state index contributed by atoms with van der Waals surface area (Å²) in [6.45, 7) is 8.06. The van der Waals surface area contributed by atoms with Crippen LogP contribution in [0.3, 0.4) is 0 Å². The van der Waals surface area contributed by atoms with E-state index in [1.807, 2.05) is 27.7 Å². The van der Waals surface area contributed by atoms with Gasteiger partial charge in [-0.3, -0.25) is 4.79 Å². The summed E-state index contributed by atoms with van der Waals surface area (Å²) in [5.41, 5.74) is -1.24. The van der Waals surface area contributed by atoms with Crippen LogP contribution in [0.2, 0.25) is 0 Å². The number of ether oxygens (including phenoxy) is 1. The third kappa shape index (κ3) is 7.08. The summed E-state index contributed by atoms with van der Waals surface area (Å²) in [5, 5.41) is 14.2. The smallest absolute Gasteiger partial charge is 0.494 e. The van der Waals surface area contributed by atoms with Crippen LogP contribution in [-0.4, -0.2) is 54.1 Å². The highest BCUT2D eigenvalue weighted by Gasteiger charge is 2.53. The second-order valence-electron chi connectivity index (χ2n) is 12.6. The van der Waals surface area contributed by atoms with Crippen LogP contribution in [0.5, 0.6) is 5.75 Å². The number of carboxylic acids is 1. The lowest BCUT2D eigenvalue weighted by Gasteiger charge is -2.32. The van der Waals surface area contributed by atoms with Gasteiger partial charge in [0.1, 0.15) is 35.0 Å². The van der Waals surface area contributed by atoms with Gasteiger partial charge in [-0.25, -0.2) is 13.6 Å². The molecule has 3 N–H and O–H groups in total. The first-order chi connectivity index (χ1) is 22.0. The maximum Gasteiger partial charge on any atom is 0.498 e. The molecule has 2 aliphatic heterocycles. The zero-order valence-electron chi connectivity index (χ0n) is 26.1. The molecule has 0 spiro atoms. The summed E-state index contributed by atoms with van der Waals surface area (Å²) >= 11 is 0. The Kier molecular flexibility index (Phi) is 9.31. The quantitative estimate of drug-likeness (QED) is 0.199. The van der Waals surface area contributed by atoms with Crippen molar-refractivity contribution in [2.75, 3.05) is 11.9 Å². The largest absolute Gasteiger partial charge is 0.498 e. The van der Waals surface area contributed by atoms with Crippen LogP contribution in [-0.2, 0) is 26.9 Å². The van der Waals surface area contributed by atoms with Crippen molar-refractivity contribution in [2.45, 2.75) is 76.4 Å². The molecule has 2 heterocycles. The highest BCUT2D eigenvalue weighted by Crippen LogP contribution is 2.39. The summed E-state index contributed by atoms with van der Waals surface area (Å²) < 4.78 is 89.9. The number of nitrogens with one attached hydrogen (secondary N) is 2. The van der Waals surface area contributed by atoms with E-state index in [2.05, 4.69) is 10.6 Å². The molecule has 0 saturated carbocycles. The molecule has 0 aliphatic carbocycles. The van der Waals surface area contributed by atoms with E-state index in [4.69, 9.17) is 14.0 Å². The molecule has 1 saturated heterocycles. The molecule has 8 nitrogen and oxygen atoms in total. The van der Waals surface area contributed by atoms with Crippen LogP contribution in [0.1, 0.15) is 67.2 Å². The summed E-state index contributed by atoms with van der Waals surface area (Å²) in [6, 6.07) is 7.31. The molecule has 47 heavy (non-hydrogen) atoms. The Morgan fingerprint density at radius 2 is 1.60 bits per heavy atom. The Morgan fingerprint density at radius 3 is 2.17 bits per heavy atom. The Labute approximate surface area is 268 Å². The first-order valence-corrected chi connectivity index (χ1v) is 15.0. The molecule has 2 aliphatic rings. The Morgan fingerprint density at radius 1 is 0.979 bits per heavy atom. The predicted octanol–water partition coefficient (Wildman–Crippen LogP) is 5.73. The summed E-state index contributed by atoms with van der Waals surface area (Å²) in [6.07, 6.45) is -3.87. The fraction of sp³-hybridized carbons (Fsp3) is 0.394. The molecule has 0 aromatic heterocycles. The van der Waals surface area contributed by atoms with E-state index in [1.165, 1.54) is 30.3 Å². The van der Waals surface area contributed by atoms with E-state index >= 15 is 8.78 Å². The lowest BCUT2D eigenvalue weighted by molar-refractivity contribution is -0.144. The standard InChI is InChI=1S/C33H34BF5N2O6/c1-31(2)32(3,4)47-34(46-31)22-13-12-19(21-11-8-14-45-27(21)22)15-25(30(43)44)41-29(42)26-23(35)16-20(17-24(26)36)40-28(33(37,38)39)18-9-6-5-7-10-18/h5-7,9-10,12-13,16-17,25,28,40H,8,11,14-15H2,1-4H3,(H,41,42)(H,43,44). The number of aliphatic carboxylic acids is 1. The number of rotatable bonds is 9. The van der Waals surface area contributed by atoms with Crippen LogP contribution in [0, 0.1) is 11.6 Å². The van der Waals surface area contributed by atoms with E-state index < -0.39 is 71.3 Å². The van der Waals surface area contributed by atoms with Crippen molar-refractivity contribution in [1.29, 1.82) is 0 Å². The van der Waals surface area contributed by atoms with Crippen LogP contribution < -0.4 is 20.8 Å². The number of halogens is 5. The number of carbonyl (C=O) groups excluding carboxylic acids is 1. The van der Waals surface area contributed by atoms with Gasteiger partial charge in [-0.2, -0.15) is 13.2 Å². The number of alkyl halides is 3. The van der Waals surface area contributed by atoms with Gasteiger partial charge >= 0.3 is 19.3 Å². The van der Waals surface area contributed by atoms with E-state index in [9.17, 15) is 27.9 Å². The van der Waals surface area contributed by atoms with Gasteiger partial charge in [0.15, 0.2) is 0 Å². The number of carbonyl (C=O) groups is 2. The Balaban J connectivity index is 1.37. The lowest BCUT2D eigenvalue weighted by Crippen LogP contribution is -2.43. The molecule has 250 valence electrons. The van der Waals surface area contributed by atoms with Gasteiger partial charge < -0.3 is 29.8 Å². The minimum atomic E-state index is -4.81. The van der Waals surface area contributed by atoms with Crippen LogP contribution in [0.25, 0.3) is 0 Å². The lowest BCUT2D eigenvalue weighted by atomic mass is 9.75. The van der Waals surface area contributed by atoms with E-state index in [0.717, 1.165) is 0 Å². The molecule has 2 atom stereocenters. The third-order valence-electron chi connectivity index (χ3n) is 8.78. The molecule has 3 aromatic carbocycles. The average molecular weight is 660 g/mol. The van der Waals surface area contributed by atoms with Gasteiger partial charge in [-0.15, -0.1) is 0 Å². The van der Waals surface area contributed by atoms with E-state index in [0.29, 0.717) is 53.9 Å². The molecule has 5 rings (SSSR count). The maximum absolute atomic E-state index is 15.1. The Bertz CT molecular complexity index is 1630. The number of fused-ring (bicyclic) bond motifs is 1. The van der Waals surface area contributed by atoms with Crippen LogP contribution >= 0.6 is 0 Å². The highest BCUT2D eigenvalue weighted by molar-refractivity contribution is 6.63. The first-order valence-electron chi connectivity index (χ1n) is 15.0. The number of hydrogen-bond acceptors (Lipinski definition) is 6. The number of carboxylic acid groups (broad SMARTS) is 1. The van der Waals surface area contributed by atoms with Crippen molar-refractivity contribution in [1.82, 2.24) is 5.32 Å². The van der Waals surface area contributed by atoms with Crippen LogP contribution in [0.4, 0.5) is 27.6 Å². The topological polar surface area (TPSA) is 106 Å². The molecule has 0 bridgehead atoms. The molecule has 0 radical (unpaired) electrons. The number of amides is 1. The SMILES string of the molecule is CC1(C)OB(c2ccc(CC(NC(=O)c3c(F)cc(NC(c4ccccc4)C(F)(F)F)cc3F)C(=O)O)c3c2OCCC3)OC1(C)C. The summed E-state index contributed by atoms with van der Waals surface area (Å²) in [4.78, 5) is 25.3. The molecular weight excluding hydrogens is 626 g/mol. The Hall–Kier alpha value is -4.17. The minimum absolute atomic E-state index is 0.191. The maximum atomic E-state index is 15.1. The van der Waals surface area contributed by atoms with Gasteiger partial charge in [0.25, 0.3) is 5.91 Å². The molecule has 1 fully saturated rings. The predicted molar refractivity (Wildman–Crippen MR) is 164 cm³/mol. The van der Waals surface area contributed by atoms with Crippen molar-refractivity contribution in [3.8, 4) is 5.75 Å². The van der Waals surface area contributed by atoms with E-state index in [1.54, 1.807) is 12.1 Å². The number of benzene rings is 3. The minimum Gasteiger partial charge on any atom is -0.494 e. The van der Waals surface area contributed by atoms with Gasteiger partial charge in [-0.1, -0.05) is 42.5 Å². The zero-order chi connectivity index (χ0) is 34.3. The van der Waals surface area contributed by atoms with Crippen LogP contribution in [0.15, 0.2) is 54.6 Å². The van der Waals surface area contributed by atoms with Crippen molar-refractivity contribution in [3.05, 3.63) is 88.5 Å². The second-order valence-corrected chi connectivity index (χ2v) is 12.6. The highest BCUT2D eigenvalue weighted by atomic mass is 19.4.